The van der Waals surface area contributed by atoms with Crippen molar-refractivity contribution in [3.05, 3.63) is 0 Å². The lowest BCUT2D eigenvalue weighted by Crippen LogP contribution is -2.60. The molecule has 0 unspecified atom stereocenters. The second kappa shape index (κ2) is 7.06. The third-order valence-electron chi connectivity index (χ3n) is 4.27. The highest BCUT2D eigenvalue weighted by Gasteiger charge is 2.45. The van der Waals surface area contributed by atoms with Crippen molar-refractivity contribution in [2.24, 2.45) is 10.2 Å². The van der Waals surface area contributed by atoms with E-state index in [1.54, 1.807) is 0 Å². The average Bonchev–Trinajstić information content (AvgIpc) is 3.32. The first-order chi connectivity index (χ1) is 10.9. The first-order valence-corrected chi connectivity index (χ1v) is 7.55. The van der Waals surface area contributed by atoms with Gasteiger partial charge in [0.2, 0.25) is 5.91 Å². The van der Waals surface area contributed by atoms with E-state index in [0.717, 1.165) is 0 Å². The number of carbonyl (C=O) groups excluding carboxylic acids is 2. The molecule has 0 spiro atoms. The number of amides is 1. The molecule has 126 valence electrons. The van der Waals surface area contributed by atoms with Gasteiger partial charge in [0.1, 0.15) is 6.10 Å². The van der Waals surface area contributed by atoms with Crippen LogP contribution in [0.4, 0.5) is 0 Å². The van der Waals surface area contributed by atoms with E-state index >= 15 is 0 Å². The topological polar surface area (TPSA) is 112 Å². The van der Waals surface area contributed by atoms with E-state index < -0.39 is 29.9 Å². The third kappa shape index (κ3) is 3.86. The Morgan fingerprint density at radius 2 is 2.09 bits per heavy atom. The summed E-state index contributed by atoms with van der Waals surface area (Å²) in [5.41, 5.74) is -0.573. The zero-order valence-electron chi connectivity index (χ0n) is 13.0. The summed E-state index contributed by atoms with van der Waals surface area (Å²) in [6.45, 7) is 0.183. The van der Waals surface area contributed by atoms with Crippen LogP contribution in [0.1, 0.15) is 32.1 Å². The summed E-state index contributed by atoms with van der Waals surface area (Å²) in [5.74, 6) is 1.47. The SMILES string of the molecule is C#CCCC1(CCC(=O)N2CC[C@@H](O)[C@@H](O)[C@H]2C(=O)OC)N=N1. The van der Waals surface area contributed by atoms with Crippen LogP contribution in [0, 0.1) is 12.3 Å². The molecule has 3 atom stereocenters. The number of hydrogen-bond donors (Lipinski definition) is 2. The van der Waals surface area contributed by atoms with Crippen LogP contribution in [-0.4, -0.2) is 64.6 Å². The monoisotopic (exact) mass is 323 g/mol. The van der Waals surface area contributed by atoms with Gasteiger partial charge in [-0.1, -0.05) is 0 Å². The smallest absolute Gasteiger partial charge is 0.331 e. The van der Waals surface area contributed by atoms with Crippen molar-refractivity contribution in [2.75, 3.05) is 13.7 Å². The molecule has 2 N–H and O–H groups in total. The maximum Gasteiger partial charge on any atom is 0.331 e. The fourth-order valence-electron chi connectivity index (χ4n) is 2.76. The van der Waals surface area contributed by atoms with E-state index in [-0.39, 0.29) is 25.3 Å². The summed E-state index contributed by atoms with van der Waals surface area (Å²) >= 11 is 0. The molecule has 2 aliphatic heterocycles. The van der Waals surface area contributed by atoms with E-state index in [1.807, 2.05) is 0 Å². The van der Waals surface area contributed by atoms with Crippen molar-refractivity contribution >= 4 is 11.9 Å². The predicted molar refractivity (Wildman–Crippen MR) is 79.0 cm³/mol. The summed E-state index contributed by atoms with van der Waals surface area (Å²) in [6.07, 6.45) is 4.68. The minimum Gasteiger partial charge on any atom is -0.467 e. The largest absolute Gasteiger partial charge is 0.467 e. The van der Waals surface area contributed by atoms with Crippen LogP contribution in [0.2, 0.25) is 0 Å². The zero-order chi connectivity index (χ0) is 17.0. The second-order valence-electron chi connectivity index (χ2n) is 5.79. The van der Waals surface area contributed by atoms with Crippen LogP contribution < -0.4 is 0 Å². The fraction of sp³-hybridized carbons (Fsp3) is 0.733. The van der Waals surface area contributed by atoms with Gasteiger partial charge in [0.05, 0.1) is 13.2 Å². The summed E-state index contributed by atoms with van der Waals surface area (Å²) in [4.78, 5) is 25.5. The number of ether oxygens (including phenoxy) is 1. The number of carbonyl (C=O) groups is 2. The summed E-state index contributed by atoms with van der Waals surface area (Å²) in [6, 6.07) is -1.19. The Labute approximate surface area is 134 Å². The van der Waals surface area contributed by atoms with Crippen molar-refractivity contribution < 1.29 is 24.5 Å². The van der Waals surface area contributed by atoms with Gasteiger partial charge >= 0.3 is 5.97 Å². The summed E-state index contributed by atoms with van der Waals surface area (Å²) in [5, 5.41) is 27.7. The van der Waals surface area contributed by atoms with Crippen molar-refractivity contribution in [3.8, 4) is 12.3 Å². The highest BCUT2D eigenvalue weighted by atomic mass is 16.5. The molecule has 1 saturated heterocycles. The van der Waals surface area contributed by atoms with Crippen molar-refractivity contribution in [3.63, 3.8) is 0 Å². The number of hydrogen-bond acceptors (Lipinski definition) is 7. The summed E-state index contributed by atoms with van der Waals surface area (Å²) < 4.78 is 4.64. The number of esters is 1. The predicted octanol–water partition coefficient (Wildman–Crippen LogP) is -0.162. The molecule has 0 bridgehead atoms. The fourth-order valence-corrected chi connectivity index (χ4v) is 2.76. The molecular formula is C15H21N3O5. The molecule has 0 radical (unpaired) electrons. The Bertz CT molecular complexity index is 536. The van der Waals surface area contributed by atoms with Crippen LogP contribution in [0.15, 0.2) is 10.2 Å². The van der Waals surface area contributed by atoms with E-state index in [1.165, 1.54) is 12.0 Å². The standard InChI is InChI=1S/C15H21N3O5/c1-3-4-7-15(16-17-15)8-5-11(20)18-9-6-10(19)13(21)12(18)14(22)23-2/h1,10,12-13,19,21H,4-9H2,2H3/t10-,12+,13-/m1/s1. The summed E-state index contributed by atoms with van der Waals surface area (Å²) in [7, 11) is 1.18. The molecule has 0 aliphatic carbocycles. The molecule has 8 heteroatoms. The molecule has 0 saturated carbocycles. The average molecular weight is 323 g/mol. The molecule has 2 heterocycles. The number of likely N-dealkylation sites (tertiary alicyclic amines) is 1. The van der Waals surface area contributed by atoms with Crippen molar-refractivity contribution in [1.82, 2.24) is 4.90 Å². The highest BCUT2D eigenvalue weighted by Crippen LogP contribution is 2.38. The minimum absolute atomic E-state index is 0.133. The molecule has 2 rings (SSSR count). The number of piperidine rings is 1. The van der Waals surface area contributed by atoms with Gasteiger partial charge in [-0.05, 0) is 6.42 Å². The molecule has 0 aromatic carbocycles. The highest BCUT2D eigenvalue weighted by molar-refractivity contribution is 5.85. The number of rotatable bonds is 6. The van der Waals surface area contributed by atoms with Gasteiger partial charge in [-0.2, -0.15) is 10.2 Å². The van der Waals surface area contributed by atoms with Crippen LogP contribution >= 0.6 is 0 Å². The molecule has 8 nitrogen and oxygen atoms in total. The lowest BCUT2D eigenvalue weighted by Gasteiger charge is -2.39. The Morgan fingerprint density at radius 3 is 2.65 bits per heavy atom. The van der Waals surface area contributed by atoms with Crippen LogP contribution in [0.25, 0.3) is 0 Å². The van der Waals surface area contributed by atoms with Crippen molar-refractivity contribution in [1.29, 1.82) is 0 Å². The Hall–Kier alpha value is -1.98. The van der Waals surface area contributed by atoms with Gasteiger partial charge < -0.3 is 19.8 Å². The molecule has 1 amide bonds. The van der Waals surface area contributed by atoms with E-state index in [0.29, 0.717) is 19.3 Å². The minimum atomic E-state index is -1.36. The second-order valence-corrected chi connectivity index (χ2v) is 5.79. The van der Waals surface area contributed by atoms with Crippen LogP contribution in [0.5, 0.6) is 0 Å². The van der Waals surface area contributed by atoms with Gasteiger partial charge in [0.15, 0.2) is 11.7 Å². The number of methoxy groups -OCH3 is 1. The zero-order valence-corrected chi connectivity index (χ0v) is 13.0. The van der Waals surface area contributed by atoms with Crippen LogP contribution in [-0.2, 0) is 14.3 Å². The van der Waals surface area contributed by atoms with E-state index in [4.69, 9.17) is 6.42 Å². The number of terminal acetylenes is 1. The quantitative estimate of drug-likeness (QED) is 0.521. The molecule has 0 aromatic heterocycles. The number of nitrogens with zero attached hydrogens (tertiary/aromatic N) is 3. The Balaban J connectivity index is 1.97. The van der Waals surface area contributed by atoms with Gasteiger partial charge in [0, 0.05) is 32.2 Å². The van der Waals surface area contributed by atoms with Gasteiger partial charge in [-0.3, -0.25) is 4.79 Å². The molecule has 0 aromatic rings. The normalized spacial score (nSPS) is 28.1. The van der Waals surface area contributed by atoms with E-state index in [9.17, 15) is 19.8 Å². The number of aliphatic hydroxyl groups excluding tert-OH is 2. The molecule has 2 aliphatic rings. The van der Waals surface area contributed by atoms with Gasteiger partial charge in [-0.15, -0.1) is 12.3 Å². The maximum absolute atomic E-state index is 12.4. The molecule has 1 fully saturated rings. The van der Waals surface area contributed by atoms with Crippen molar-refractivity contribution in [2.45, 2.75) is 56.0 Å². The Morgan fingerprint density at radius 1 is 1.39 bits per heavy atom. The Kier molecular flexibility index (Phi) is 5.34. The lowest BCUT2D eigenvalue weighted by molar-refractivity contribution is -0.168. The van der Waals surface area contributed by atoms with E-state index in [2.05, 4.69) is 20.9 Å². The molecule has 23 heavy (non-hydrogen) atoms. The van der Waals surface area contributed by atoms with Gasteiger partial charge in [-0.25, -0.2) is 4.79 Å². The molecular weight excluding hydrogens is 302 g/mol. The third-order valence-corrected chi connectivity index (χ3v) is 4.27. The maximum atomic E-state index is 12.4. The van der Waals surface area contributed by atoms with Gasteiger partial charge in [0.25, 0.3) is 0 Å². The first kappa shape index (κ1) is 17.4. The first-order valence-electron chi connectivity index (χ1n) is 7.55. The lowest BCUT2D eigenvalue weighted by atomic mass is 9.94. The number of aliphatic hydroxyl groups is 2. The van der Waals surface area contributed by atoms with Crippen LogP contribution in [0.3, 0.4) is 0 Å².